The zero-order valence-corrected chi connectivity index (χ0v) is 10.9. The first kappa shape index (κ1) is 12.3. The maximum Gasteiger partial charge on any atom is 0.179 e. The third-order valence-corrected chi connectivity index (χ3v) is 3.94. The minimum Gasteiger partial charge on any atom is -0.353 e. The number of aromatic nitrogens is 1. The summed E-state index contributed by atoms with van der Waals surface area (Å²) < 4.78 is 23.4. The van der Waals surface area contributed by atoms with Crippen molar-refractivity contribution in [3.63, 3.8) is 0 Å². The zero-order valence-electron chi connectivity index (χ0n) is 10.0. The summed E-state index contributed by atoms with van der Waals surface area (Å²) in [5, 5.41) is 3.32. The number of nitrogens with zero attached hydrogens (tertiary/aromatic N) is 2. The number of piperazine rings is 1. The van der Waals surface area contributed by atoms with Gasteiger partial charge in [0.15, 0.2) is 9.84 Å². The molecule has 0 amide bonds. The van der Waals surface area contributed by atoms with Crippen LogP contribution in [0.25, 0.3) is 0 Å². The van der Waals surface area contributed by atoms with Crippen molar-refractivity contribution in [2.24, 2.45) is 0 Å². The Balaban J connectivity index is 2.38. The average molecular weight is 255 g/mol. The van der Waals surface area contributed by atoms with E-state index in [0.29, 0.717) is 16.8 Å². The molecule has 1 N–H and O–H groups in total. The van der Waals surface area contributed by atoms with Crippen LogP contribution < -0.4 is 10.2 Å². The highest BCUT2D eigenvalue weighted by Crippen LogP contribution is 2.22. The highest BCUT2D eigenvalue weighted by atomic mass is 32.2. The Bertz CT molecular complexity index is 501. The monoisotopic (exact) mass is 255 g/mol. The molecule has 1 fully saturated rings. The molecule has 5 nitrogen and oxygen atoms in total. The van der Waals surface area contributed by atoms with Gasteiger partial charge in [0.1, 0.15) is 10.7 Å². The van der Waals surface area contributed by atoms with E-state index in [1.165, 1.54) is 6.26 Å². The van der Waals surface area contributed by atoms with Gasteiger partial charge in [-0.05, 0) is 19.1 Å². The first-order valence-electron chi connectivity index (χ1n) is 5.62. The zero-order chi connectivity index (χ0) is 12.5. The Morgan fingerprint density at radius 1 is 1.53 bits per heavy atom. The molecule has 0 spiro atoms. The molecule has 0 unspecified atom stereocenters. The molecular weight excluding hydrogens is 238 g/mol. The molecular formula is C11H17N3O2S. The number of hydrogen-bond acceptors (Lipinski definition) is 5. The summed E-state index contributed by atoms with van der Waals surface area (Å²) in [6.07, 6.45) is 2.86. The lowest BCUT2D eigenvalue weighted by molar-refractivity contribution is 0.480. The van der Waals surface area contributed by atoms with E-state index in [0.717, 1.165) is 19.6 Å². The van der Waals surface area contributed by atoms with Gasteiger partial charge in [-0.25, -0.2) is 13.4 Å². The molecule has 1 atom stereocenters. The highest BCUT2D eigenvalue weighted by Gasteiger charge is 2.22. The minimum atomic E-state index is -3.22. The van der Waals surface area contributed by atoms with Gasteiger partial charge in [-0.1, -0.05) is 0 Å². The molecule has 0 bridgehead atoms. The number of rotatable bonds is 2. The van der Waals surface area contributed by atoms with Crippen LogP contribution >= 0.6 is 0 Å². The van der Waals surface area contributed by atoms with Gasteiger partial charge in [-0.15, -0.1) is 0 Å². The first-order chi connectivity index (χ1) is 7.98. The number of nitrogens with one attached hydrogen (secondary N) is 1. The van der Waals surface area contributed by atoms with Gasteiger partial charge in [-0.2, -0.15) is 0 Å². The predicted octanol–water partition coefficient (Wildman–Crippen LogP) is 0.283. The van der Waals surface area contributed by atoms with Crippen LogP contribution in [0.3, 0.4) is 0 Å². The molecule has 1 aliphatic rings. The molecule has 0 aromatic carbocycles. The van der Waals surface area contributed by atoms with Crippen molar-refractivity contribution in [2.75, 3.05) is 30.8 Å². The average Bonchev–Trinajstić information content (AvgIpc) is 2.28. The molecule has 1 aliphatic heterocycles. The van der Waals surface area contributed by atoms with E-state index < -0.39 is 9.84 Å². The summed E-state index contributed by atoms with van der Waals surface area (Å²) in [5.41, 5.74) is 0. The van der Waals surface area contributed by atoms with Crippen LogP contribution in [-0.2, 0) is 9.84 Å². The van der Waals surface area contributed by atoms with Crippen LogP contribution in [0.15, 0.2) is 23.2 Å². The van der Waals surface area contributed by atoms with Crippen molar-refractivity contribution < 1.29 is 8.42 Å². The molecule has 1 saturated heterocycles. The second kappa shape index (κ2) is 4.62. The van der Waals surface area contributed by atoms with Crippen LogP contribution in [0.4, 0.5) is 5.82 Å². The van der Waals surface area contributed by atoms with Crippen molar-refractivity contribution in [2.45, 2.75) is 17.9 Å². The van der Waals surface area contributed by atoms with Crippen molar-refractivity contribution in [1.82, 2.24) is 10.3 Å². The smallest absolute Gasteiger partial charge is 0.179 e. The molecule has 2 rings (SSSR count). The Morgan fingerprint density at radius 2 is 2.29 bits per heavy atom. The SMILES string of the molecule is C[C@@H]1CN(c2ncccc2S(C)(=O)=O)CCN1. The number of pyridine rings is 1. The summed E-state index contributed by atoms with van der Waals surface area (Å²) in [6.45, 7) is 4.49. The van der Waals surface area contributed by atoms with Crippen LogP contribution in [0.5, 0.6) is 0 Å². The maximum absolute atomic E-state index is 11.7. The fourth-order valence-corrected chi connectivity index (χ4v) is 2.87. The van der Waals surface area contributed by atoms with Crippen LogP contribution in [-0.4, -0.2) is 45.3 Å². The van der Waals surface area contributed by atoms with Crippen molar-refractivity contribution in [3.8, 4) is 0 Å². The van der Waals surface area contributed by atoms with E-state index in [1.807, 2.05) is 4.90 Å². The van der Waals surface area contributed by atoms with Gasteiger partial charge < -0.3 is 10.2 Å². The lowest BCUT2D eigenvalue weighted by atomic mass is 10.2. The Hall–Kier alpha value is -1.14. The molecule has 1 aromatic rings. The predicted molar refractivity (Wildman–Crippen MR) is 67.0 cm³/mol. The standard InChI is InChI=1S/C11H17N3O2S/c1-9-8-14(7-6-12-9)11-10(17(2,15)16)4-3-5-13-11/h3-5,9,12H,6-8H2,1-2H3/t9-/m1/s1. The van der Waals surface area contributed by atoms with Crippen molar-refractivity contribution in [1.29, 1.82) is 0 Å². The largest absolute Gasteiger partial charge is 0.353 e. The molecule has 6 heteroatoms. The molecule has 94 valence electrons. The summed E-state index contributed by atoms with van der Waals surface area (Å²) in [7, 11) is -3.22. The van der Waals surface area contributed by atoms with E-state index in [9.17, 15) is 8.42 Å². The van der Waals surface area contributed by atoms with Gasteiger partial charge >= 0.3 is 0 Å². The summed E-state index contributed by atoms with van der Waals surface area (Å²) in [6, 6.07) is 3.62. The van der Waals surface area contributed by atoms with Crippen molar-refractivity contribution >= 4 is 15.7 Å². The number of anilines is 1. The van der Waals surface area contributed by atoms with Gasteiger partial charge in [0.25, 0.3) is 0 Å². The second-order valence-electron chi connectivity index (χ2n) is 4.40. The third kappa shape index (κ3) is 2.76. The summed E-state index contributed by atoms with van der Waals surface area (Å²) in [5.74, 6) is 0.573. The molecule has 0 radical (unpaired) electrons. The molecule has 1 aromatic heterocycles. The van der Waals surface area contributed by atoms with Gasteiger partial charge in [-0.3, -0.25) is 0 Å². The van der Waals surface area contributed by atoms with Crippen LogP contribution in [0.2, 0.25) is 0 Å². The Morgan fingerprint density at radius 3 is 2.94 bits per heavy atom. The van der Waals surface area contributed by atoms with Gasteiger partial charge in [0.2, 0.25) is 0 Å². The number of sulfone groups is 1. The molecule has 0 saturated carbocycles. The molecule has 17 heavy (non-hydrogen) atoms. The van der Waals surface area contributed by atoms with E-state index in [-0.39, 0.29) is 0 Å². The Labute approximate surface area is 102 Å². The lowest BCUT2D eigenvalue weighted by Gasteiger charge is -2.33. The van der Waals surface area contributed by atoms with Crippen LogP contribution in [0.1, 0.15) is 6.92 Å². The van der Waals surface area contributed by atoms with E-state index in [1.54, 1.807) is 18.3 Å². The summed E-state index contributed by atoms with van der Waals surface area (Å²) in [4.78, 5) is 6.56. The fraction of sp³-hybridized carbons (Fsp3) is 0.545. The Kier molecular flexibility index (Phi) is 3.35. The summed E-state index contributed by atoms with van der Waals surface area (Å²) >= 11 is 0. The number of hydrogen-bond donors (Lipinski definition) is 1. The van der Waals surface area contributed by atoms with Crippen LogP contribution in [0, 0.1) is 0 Å². The van der Waals surface area contributed by atoms with Gasteiger partial charge in [0.05, 0.1) is 0 Å². The molecule has 2 heterocycles. The highest BCUT2D eigenvalue weighted by molar-refractivity contribution is 7.90. The molecule has 0 aliphatic carbocycles. The van der Waals surface area contributed by atoms with Crippen molar-refractivity contribution in [3.05, 3.63) is 18.3 Å². The van der Waals surface area contributed by atoms with E-state index >= 15 is 0 Å². The lowest BCUT2D eigenvalue weighted by Crippen LogP contribution is -2.49. The fourth-order valence-electron chi connectivity index (χ4n) is 2.03. The second-order valence-corrected chi connectivity index (χ2v) is 6.38. The topological polar surface area (TPSA) is 62.3 Å². The van der Waals surface area contributed by atoms with E-state index in [4.69, 9.17) is 0 Å². The van der Waals surface area contributed by atoms with Gasteiger partial charge in [0, 0.05) is 38.1 Å². The quantitative estimate of drug-likeness (QED) is 0.822. The minimum absolute atomic E-state index is 0.314. The first-order valence-corrected chi connectivity index (χ1v) is 7.51. The normalized spacial score (nSPS) is 21.5. The van der Waals surface area contributed by atoms with E-state index in [2.05, 4.69) is 17.2 Å². The third-order valence-electron chi connectivity index (χ3n) is 2.82. The maximum atomic E-state index is 11.7.